The van der Waals surface area contributed by atoms with E-state index in [1.165, 1.54) is 16.4 Å². The maximum atomic E-state index is 13.8. The van der Waals surface area contributed by atoms with E-state index in [9.17, 15) is 12.8 Å². The molecule has 2 atom stereocenters. The van der Waals surface area contributed by atoms with Crippen molar-refractivity contribution in [3.8, 4) is 0 Å². The van der Waals surface area contributed by atoms with Crippen LogP contribution in [0.2, 0.25) is 0 Å². The fourth-order valence-corrected chi connectivity index (χ4v) is 3.80. The van der Waals surface area contributed by atoms with Gasteiger partial charge in [0.25, 0.3) is 0 Å². The molecule has 7 heteroatoms. The van der Waals surface area contributed by atoms with E-state index in [4.69, 9.17) is 10.5 Å². The molecule has 0 aromatic heterocycles. The van der Waals surface area contributed by atoms with Crippen LogP contribution in [0.1, 0.15) is 13.8 Å². The molecule has 2 rings (SSSR count). The van der Waals surface area contributed by atoms with E-state index in [0.29, 0.717) is 6.61 Å². The highest BCUT2D eigenvalue weighted by molar-refractivity contribution is 7.89. The molecule has 5 nitrogen and oxygen atoms in total. The van der Waals surface area contributed by atoms with Gasteiger partial charge < -0.3 is 10.5 Å². The smallest absolute Gasteiger partial charge is 0.246 e. The topological polar surface area (TPSA) is 72.6 Å². The van der Waals surface area contributed by atoms with Gasteiger partial charge in [-0.05, 0) is 32.0 Å². The molecular weight excluding hydrogens is 271 g/mol. The average Bonchev–Trinajstić information content (AvgIpc) is 2.31. The lowest BCUT2D eigenvalue weighted by Crippen LogP contribution is -2.50. The van der Waals surface area contributed by atoms with Gasteiger partial charge in [-0.25, -0.2) is 12.8 Å². The first-order chi connectivity index (χ1) is 8.82. The highest BCUT2D eigenvalue weighted by atomic mass is 32.2. The first-order valence-corrected chi connectivity index (χ1v) is 7.45. The minimum Gasteiger partial charge on any atom is -0.399 e. The fraction of sp³-hybridized carbons (Fsp3) is 0.500. The summed E-state index contributed by atoms with van der Waals surface area (Å²) in [4.78, 5) is -0.345. The third kappa shape index (κ3) is 2.72. The molecule has 1 aliphatic heterocycles. The van der Waals surface area contributed by atoms with Crippen molar-refractivity contribution in [1.82, 2.24) is 4.31 Å². The highest BCUT2D eigenvalue weighted by Crippen LogP contribution is 2.25. The molecule has 19 heavy (non-hydrogen) atoms. The van der Waals surface area contributed by atoms with Gasteiger partial charge >= 0.3 is 0 Å². The molecule has 1 saturated heterocycles. The SMILES string of the molecule is CC1CN(S(=O)(=O)c2ccc(N)cc2F)C(C)CO1. The van der Waals surface area contributed by atoms with Crippen LogP contribution in [0.25, 0.3) is 0 Å². The Bertz CT molecular complexity index is 576. The number of hydrogen-bond acceptors (Lipinski definition) is 4. The second-order valence-corrected chi connectivity index (χ2v) is 6.62. The Hall–Kier alpha value is -1.18. The lowest BCUT2D eigenvalue weighted by atomic mass is 10.2. The highest BCUT2D eigenvalue weighted by Gasteiger charge is 2.35. The van der Waals surface area contributed by atoms with Crippen molar-refractivity contribution < 1.29 is 17.5 Å². The molecule has 0 radical (unpaired) electrons. The number of anilines is 1. The van der Waals surface area contributed by atoms with E-state index in [1.54, 1.807) is 13.8 Å². The second-order valence-electron chi connectivity index (χ2n) is 4.76. The Morgan fingerprint density at radius 1 is 1.42 bits per heavy atom. The molecule has 1 fully saturated rings. The van der Waals surface area contributed by atoms with Crippen LogP contribution in [0.3, 0.4) is 0 Å². The number of ether oxygens (including phenoxy) is 1. The molecule has 0 spiro atoms. The van der Waals surface area contributed by atoms with Crippen LogP contribution < -0.4 is 5.73 Å². The van der Waals surface area contributed by atoms with Gasteiger partial charge in [-0.15, -0.1) is 0 Å². The van der Waals surface area contributed by atoms with Gasteiger partial charge in [0.2, 0.25) is 10.0 Å². The van der Waals surface area contributed by atoms with E-state index >= 15 is 0 Å². The van der Waals surface area contributed by atoms with E-state index in [2.05, 4.69) is 0 Å². The molecule has 2 N–H and O–H groups in total. The van der Waals surface area contributed by atoms with Gasteiger partial charge in [0, 0.05) is 18.3 Å². The zero-order valence-corrected chi connectivity index (χ0v) is 11.7. The van der Waals surface area contributed by atoms with Gasteiger partial charge in [0.05, 0.1) is 12.7 Å². The first-order valence-electron chi connectivity index (χ1n) is 6.01. The van der Waals surface area contributed by atoms with E-state index in [-0.39, 0.29) is 29.3 Å². The van der Waals surface area contributed by atoms with Crippen LogP contribution in [0.4, 0.5) is 10.1 Å². The number of sulfonamides is 1. The summed E-state index contributed by atoms with van der Waals surface area (Å²) >= 11 is 0. The number of nitrogens with zero attached hydrogens (tertiary/aromatic N) is 1. The third-order valence-electron chi connectivity index (χ3n) is 3.09. The predicted molar refractivity (Wildman–Crippen MR) is 69.6 cm³/mol. The molecule has 0 saturated carbocycles. The number of benzene rings is 1. The van der Waals surface area contributed by atoms with Crippen LogP contribution in [0.5, 0.6) is 0 Å². The molecule has 1 heterocycles. The van der Waals surface area contributed by atoms with Gasteiger partial charge in [-0.2, -0.15) is 4.31 Å². The van der Waals surface area contributed by atoms with Crippen molar-refractivity contribution in [3.63, 3.8) is 0 Å². The Morgan fingerprint density at radius 3 is 2.74 bits per heavy atom. The predicted octanol–water partition coefficient (Wildman–Crippen LogP) is 1.21. The minimum absolute atomic E-state index is 0.194. The van der Waals surface area contributed by atoms with Gasteiger partial charge in [-0.1, -0.05) is 0 Å². The van der Waals surface area contributed by atoms with Crippen molar-refractivity contribution in [2.75, 3.05) is 18.9 Å². The number of nitrogens with two attached hydrogens (primary N) is 1. The summed E-state index contributed by atoms with van der Waals surface area (Å²) in [5.74, 6) is -0.827. The number of halogens is 1. The Balaban J connectivity index is 2.41. The van der Waals surface area contributed by atoms with E-state index in [1.807, 2.05) is 0 Å². The zero-order chi connectivity index (χ0) is 14.2. The minimum atomic E-state index is -3.87. The van der Waals surface area contributed by atoms with Crippen molar-refractivity contribution >= 4 is 15.7 Å². The van der Waals surface area contributed by atoms with Gasteiger partial charge in [-0.3, -0.25) is 0 Å². The summed E-state index contributed by atoms with van der Waals surface area (Å²) in [6.45, 7) is 4.04. The molecule has 0 amide bonds. The monoisotopic (exact) mass is 288 g/mol. The van der Waals surface area contributed by atoms with Crippen LogP contribution in [-0.2, 0) is 14.8 Å². The quantitative estimate of drug-likeness (QED) is 0.830. The summed E-state index contributed by atoms with van der Waals surface area (Å²) in [6, 6.07) is 3.27. The zero-order valence-electron chi connectivity index (χ0n) is 10.8. The number of nitrogen functional groups attached to an aromatic ring is 1. The van der Waals surface area contributed by atoms with Crippen molar-refractivity contribution in [2.24, 2.45) is 0 Å². The van der Waals surface area contributed by atoms with Crippen LogP contribution >= 0.6 is 0 Å². The van der Waals surface area contributed by atoms with Crippen LogP contribution in [-0.4, -0.2) is 38.0 Å². The lowest BCUT2D eigenvalue weighted by molar-refractivity contribution is -0.0171. The van der Waals surface area contributed by atoms with Crippen molar-refractivity contribution in [3.05, 3.63) is 24.0 Å². The maximum absolute atomic E-state index is 13.8. The van der Waals surface area contributed by atoms with E-state index < -0.39 is 15.8 Å². The molecule has 0 aliphatic carbocycles. The lowest BCUT2D eigenvalue weighted by Gasteiger charge is -2.35. The summed E-state index contributed by atoms with van der Waals surface area (Å²) in [5.41, 5.74) is 5.62. The summed E-state index contributed by atoms with van der Waals surface area (Å²) in [5, 5.41) is 0. The number of hydrogen-bond donors (Lipinski definition) is 1. The van der Waals surface area contributed by atoms with Gasteiger partial charge in [0.15, 0.2) is 0 Å². The van der Waals surface area contributed by atoms with Crippen LogP contribution in [0.15, 0.2) is 23.1 Å². The van der Waals surface area contributed by atoms with E-state index in [0.717, 1.165) is 6.07 Å². The standard InChI is InChI=1S/C12H17FN2O3S/c1-8-7-18-9(2)6-15(8)19(16,17)12-4-3-10(14)5-11(12)13/h3-5,8-9H,6-7,14H2,1-2H3. The maximum Gasteiger partial charge on any atom is 0.246 e. The van der Waals surface area contributed by atoms with Gasteiger partial charge in [0.1, 0.15) is 10.7 Å². The normalized spacial score (nSPS) is 25.4. The fourth-order valence-electron chi connectivity index (χ4n) is 2.06. The third-order valence-corrected chi connectivity index (χ3v) is 5.11. The average molecular weight is 288 g/mol. The summed E-state index contributed by atoms with van der Waals surface area (Å²) in [6.07, 6.45) is -0.206. The van der Waals surface area contributed by atoms with Crippen molar-refractivity contribution in [1.29, 1.82) is 0 Å². The molecule has 2 unspecified atom stereocenters. The Labute approximate surface area is 112 Å². The molecule has 1 aliphatic rings. The molecule has 1 aromatic carbocycles. The second kappa shape index (κ2) is 5.07. The Kier molecular flexibility index (Phi) is 3.80. The molecule has 0 bridgehead atoms. The first kappa shape index (κ1) is 14.2. The molecular formula is C12H17FN2O3S. The van der Waals surface area contributed by atoms with Crippen LogP contribution in [0, 0.1) is 5.82 Å². The number of rotatable bonds is 2. The molecule has 106 valence electrons. The largest absolute Gasteiger partial charge is 0.399 e. The summed E-state index contributed by atoms with van der Waals surface area (Å²) < 4.78 is 45.4. The molecule has 1 aromatic rings. The number of morpholine rings is 1. The Morgan fingerprint density at radius 2 is 2.11 bits per heavy atom. The summed E-state index contributed by atoms with van der Waals surface area (Å²) in [7, 11) is -3.87. The van der Waals surface area contributed by atoms with Crippen molar-refractivity contribution in [2.45, 2.75) is 30.9 Å².